The largest absolute Gasteiger partial charge is 0.502 e. The summed E-state index contributed by atoms with van der Waals surface area (Å²) in [6.07, 6.45) is 0. The van der Waals surface area contributed by atoms with Gasteiger partial charge in [-0.05, 0) is 42.7 Å². The van der Waals surface area contributed by atoms with Crippen LogP contribution >= 0.6 is 0 Å². The maximum absolute atomic E-state index is 13.9. The maximum Gasteiger partial charge on any atom is 0.301 e. The number of imide groups is 1. The lowest BCUT2D eigenvalue weighted by molar-refractivity contribution is -0.121. The smallest absolute Gasteiger partial charge is 0.301 e. The molecule has 0 atom stereocenters. The van der Waals surface area contributed by atoms with Crippen molar-refractivity contribution in [2.75, 3.05) is 4.90 Å². The third kappa shape index (κ3) is 2.30. The van der Waals surface area contributed by atoms with Gasteiger partial charge in [-0.1, -0.05) is 30.3 Å². The molecule has 5 heteroatoms. The second kappa shape index (κ2) is 5.35. The number of nitrogens with zero attached hydrogens (tertiary/aromatic N) is 1. The number of rotatable bonds is 2. The van der Waals surface area contributed by atoms with E-state index in [9.17, 15) is 19.1 Å². The number of hydrogen-bond donors (Lipinski definition) is 1. The summed E-state index contributed by atoms with van der Waals surface area (Å²) in [6.45, 7) is 3.78. The highest BCUT2D eigenvalue weighted by Gasteiger charge is 2.41. The van der Waals surface area contributed by atoms with Crippen LogP contribution in [-0.4, -0.2) is 16.9 Å². The Morgan fingerprint density at radius 1 is 0.957 bits per heavy atom. The number of hydrogen-bond acceptors (Lipinski definition) is 3. The van der Waals surface area contributed by atoms with E-state index >= 15 is 0 Å². The quantitative estimate of drug-likeness (QED) is 0.866. The van der Waals surface area contributed by atoms with Crippen LogP contribution in [0.25, 0.3) is 5.57 Å². The molecule has 0 bridgehead atoms. The summed E-state index contributed by atoms with van der Waals surface area (Å²) in [6, 6.07) is 10.6. The topological polar surface area (TPSA) is 57.6 Å². The highest BCUT2D eigenvalue weighted by Crippen LogP contribution is 2.33. The fourth-order valence-electron chi connectivity index (χ4n) is 2.53. The van der Waals surface area contributed by atoms with Gasteiger partial charge in [-0.15, -0.1) is 0 Å². The van der Waals surface area contributed by atoms with Crippen LogP contribution in [0.4, 0.5) is 10.1 Å². The average Bonchev–Trinajstić information content (AvgIpc) is 2.73. The predicted octanol–water partition coefficient (Wildman–Crippen LogP) is 3.29. The van der Waals surface area contributed by atoms with Gasteiger partial charge in [0.25, 0.3) is 5.91 Å². The van der Waals surface area contributed by atoms with Gasteiger partial charge in [-0.25, -0.2) is 9.29 Å². The van der Waals surface area contributed by atoms with E-state index in [4.69, 9.17) is 0 Å². The first kappa shape index (κ1) is 15.0. The lowest BCUT2D eigenvalue weighted by Crippen LogP contribution is -2.32. The molecule has 116 valence electrons. The summed E-state index contributed by atoms with van der Waals surface area (Å²) in [7, 11) is 0. The summed E-state index contributed by atoms with van der Waals surface area (Å²) in [4.78, 5) is 25.5. The van der Waals surface area contributed by atoms with Crippen molar-refractivity contribution in [3.8, 4) is 0 Å². The molecule has 1 aliphatic rings. The van der Waals surface area contributed by atoms with Crippen molar-refractivity contribution in [2.24, 2.45) is 0 Å². The van der Waals surface area contributed by atoms with Crippen LogP contribution in [0.5, 0.6) is 0 Å². The van der Waals surface area contributed by atoms with Crippen molar-refractivity contribution in [3.05, 3.63) is 70.7 Å². The van der Waals surface area contributed by atoms with Gasteiger partial charge in [0.1, 0.15) is 5.82 Å². The van der Waals surface area contributed by atoms with E-state index in [0.29, 0.717) is 10.5 Å². The molecule has 0 fully saturated rings. The number of amides is 2. The molecule has 0 spiro atoms. The Kier molecular flexibility index (Phi) is 3.48. The molecule has 0 aliphatic carbocycles. The SMILES string of the molecule is Cc1ccc(C2=C(O)C(=O)N(c3ccccc3F)C2=O)cc1C. The Morgan fingerprint density at radius 3 is 2.30 bits per heavy atom. The van der Waals surface area contributed by atoms with Gasteiger partial charge in [0.15, 0.2) is 5.76 Å². The van der Waals surface area contributed by atoms with Crippen molar-refractivity contribution in [3.63, 3.8) is 0 Å². The van der Waals surface area contributed by atoms with Crippen LogP contribution in [-0.2, 0) is 9.59 Å². The van der Waals surface area contributed by atoms with E-state index in [1.54, 1.807) is 18.2 Å². The molecule has 4 nitrogen and oxygen atoms in total. The second-order valence-electron chi connectivity index (χ2n) is 5.42. The number of aliphatic hydroxyl groups excluding tert-OH is 1. The van der Waals surface area contributed by atoms with Gasteiger partial charge >= 0.3 is 5.91 Å². The molecule has 0 aromatic heterocycles. The summed E-state index contributed by atoms with van der Waals surface area (Å²) < 4.78 is 13.9. The number of aliphatic hydroxyl groups is 1. The van der Waals surface area contributed by atoms with Crippen molar-refractivity contribution in [1.29, 1.82) is 0 Å². The molecule has 0 saturated carbocycles. The highest BCUT2D eigenvalue weighted by atomic mass is 19.1. The molecule has 0 unspecified atom stereocenters. The number of anilines is 1. The predicted molar refractivity (Wildman–Crippen MR) is 84.4 cm³/mol. The van der Waals surface area contributed by atoms with Gasteiger partial charge in [0.05, 0.1) is 11.3 Å². The van der Waals surface area contributed by atoms with Crippen molar-refractivity contribution < 1.29 is 19.1 Å². The molecule has 3 rings (SSSR count). The number of carbonyl (C=O) groups is 2. The number of para-hydroxylation sites is 1. The third-order valence-electron chi connectivity index (χ3n) is 3.95. The minimum atomic E-state index is -0.923. The number of aryl methyl sites for hydroxylation is 2. The molecular formula is C18H14FNO3. The number of halogens is 1. The Balaban J connectivity index is 2.10. The molecule has 1 aliphatic heterocycles. The summed E-state index contributed by atoms with van der Waals surface area (Å²) in [5.74, 6) is -3.03. The summed E-state index contributed by atoms with van der Waals surface area (Å²) >= 11 is 0. The summed E-state index contributed by atoms with van der Waals surface area (Å²) in [5.41, 5.74) is 2.10. The Hall–Kier alpha value is -2.95. The van der Waals surface area contributed by atoms with E-state index in [-0.39, 0.29) is 11.3 Å². The first-order valence-electron chi connectivity index (χ1n) is 7.06. The second-order valence-corrected chi connectivity index (χ2v) is 5.42. The van der Waals surface area contributed by atoms with E-state index in [1.807, 2.05) is 13.8 Å². The van der Waals surface area contributed by atoms with Crippen LogP contribution in [0.3, 0.4) is 0 Å². The van der Waals surface area contributed by atoms with E-state index in [1.165, 1.54) is 18.2 Å². The van der Waals surface area contributed by atoms with Gasteiger partial charge in [-0.2, -0.15) is 0 Å². The number of carbonyl (C=O) groups excluding carboxylic acids is 2. The fraction of sp³-hybridized carbons (Fsp3) is 0.111. The molecule has 1 N–H and O–H groups in total. The third-order valence-corrected chi connectivity index (χ3v) is 3.95. The van der Waals surface area contributed by atoms with Crippen molar-refractivity contribution in [1.82, 2.24) is 0 Å². The lowest BCUT2D eigenvalue weighted by atomic mass is 10.00. The zero-order chi connectivity index (χ0) is 16.7. The molecule has 0 radical (unpaired) electrons. The summed E-state index contributed by atoms with van der Waals surface area (Å²) in [5, 5.41) is 10.1. The molecule has 0 saturated heterocycles. The Morgan fingerprint density at radius 2 is 1.65 bits per heavy atom. The molecular weight excluding hydrogens is 297 g/mol. The standard InChI is InChI=1S/C18H14FNO3/c1-10-7-8-12(9-11(10)2)15-16(21)18(23)20(17(15)22)14-6-4-3-5-13(14)19/h3-9,21H,1-2H3. The van der Waals surface area contributed by atoms with Gasteiger partial charge in [0.2, 0.25) is 0 Å². The first-order chi connectivity index (χ1) is 10.9. The molecule has 2 amide bonds. The van der Waals surface area contributed by atoms with Gasteiger partial charge in [-0.3, -0.25) is 9.59 Å². The Labute approximate surface area is 132 Å². The van der Waals surface area contributed by atoms with Crippen LogP contribution in [0.15, 0.2) is 48.2 Å². The van der Waals surface area contributed by atoms with Crippen LogP contribution < -0.4 is 4.90 Å². The van der Waals surface area contributed by atoms with E-state index in [0.717, 1.165) is 17.2 Å². The molecule has 1 heterocycles. The van der Waals surface area contributed by atoms with Crippen molar-refractivity contribution in [2.45, 2.75) is 13.8 Å². The fourth-order valence-corrected chi connectivity index (χ4v) is 2.53. The van der Waals surface area contributed by atoms with Crippen molar-refractivity contribution >= 4 is 23.1 Å². The van der Waals surface area contributed by atoms with Crippen LogP contribution in [0.1, 0.15) is 16.7 Å². The molecule has 2 aromatic carbocycles. The van der Waals surface area contributed by atoms with Crippen LogP contribution in [0.2, 0.25) is 0 Å². The first-order valence-corrected chi connectivity index (χ1v) is 7.06. The monoisotopic (exact) mass is 311 g/mol. The average molecular weight is 311 g/mol. The van der Waals surface area contributed by atoms with Gasteiger partial charge < -0.3 is 5.11 Å². The number of benzene rings is 2. The zero-order valence-electron chi connectivity index (χ0n) is 12.6. The minimum Gasteiger partial charge on any atom is -0.502 e. The Bertz CT molecular complexity index is 870. The lowest BCUT2D eigenvalue weighted by Gasteiger charge is -2.15. The minimum absolute atomic E-state index is 0.110. The molecule has 23 heavy (non-hydrogen) atoms. The van der Waals surface area contributed by atoms with Crippen LogP contribution in [0, 0.1) is 19.7 Å². The van der Waals surface area contributed by atoms with E-state index < -0.39 is 23.4 Å². The normalized spacial score (nSPS) is 14.8. The maximum atomic E-state index is 13.9. The highest BCUT2D eigenvalue weighted by molar-refractivity contribution is 6.44. The van der Waals surface area contributed by atoms with Gasteiger partial charge in [0, 0.05) is 0 Å². The molecule has 2 aromatic rings. The zero-order valence-corrected chi connectivity index (χ0v) is 12.6. The van der Waals surface area contributed by atoms with E-state index in [2.05, 4.69) is 0 Å².